The average molecular weight is 298 g/mol. The topological polar surface area (TPSA) is 79.8 Å². The van der Waals surface area contributed by atoms with Crippen molar-refractivity contribution in [3.05, 3.63) is 28.4 Å². The second-order valence-corrected chi connectivity index (χ2v) is 4.92. The van der Waals surface area contributed by atoms with Crippen LogP contribution in [0.3, 0.4) is 0 Å². The van der Waals surface area contributed by atoms with E-state index in [1.165, 1.54) is 17.5 Å². The molecule has 0 saturated heterocycles. The molecule has 0 aliphatic carbocycles. The predicted molar refractivity (Wildman–Crippen MR) is 75.9 cm³/mol. The van der Waals surface area contributed by atoms with Crippen LogP contribution in [-0.2, 0) is 0 Å². The van der Waals surface area contributed by atoms with Crippen molar-refractivity contribution >= 4 is 39.8 Å². The molecule has 6 nitrogen and oxygen atoms in total. The molecular formula is C11H12ClN5OS. The second kappa shape index (κ2) is 6.44. The van der Waals surface area contributed by atoms with Gasteiger partial charge in [0.15, 0.2) is 0 Å². The fourth-order valence-electron chi connectivity index (χ4n) is 1.33. The molecular weight excluding hydrogens is 286 g/mol. The van der Waals surface area contributed by atoms with Gasteiger partial charge in [0.05, 0.1) is 10.6 Å². The van der Waals surface area contributed by atoms with E-state index in [4.69, 9.17) is 11.6 Å². The van der Waals surface area contributed by atoms with Crippen molar-refractivity contribution in [2.24, 2.45) is 0 Å². The van der Waals surface area contributed by atoms with Crippen molar-refractivity contribution < 1.29 is 4.79 Å². The zero-order valence-corrected chi connectivity index (χ0v) is 11.8. The van der Waals surface area contributed by atoms with E-state index in [1.807, 2.05) is 6.92 Å². The minimum atomic E-state index is -0.312. The lowest BCUT2D eigenvalue weighted by molar-refractivity contribution is 0.102. The van der Waals surface area contributed by atoms with E-state index >= 15 is 0 Å². The van der Waals surface area contributed by atoms with E-state index in [9.17, 15) is 4.79 Å². The third-order valence-corrected chi connectivity index (χ3v) is 3.12. The minimum absolute atomic E-state index is 0.312. The largest absolute Gasteiger partial charge is 0.369 e. The van der Waals surface area contributed by atoms with Crippen molar-refractivity contribution in [3.8, 4) is 0 Å². The van der Waals surface area contributed by atoms with Gasteiger partial charge in [-0.1, -0.05) is 29.9 Å². The average Bonchev–Trinajstić information content (AvgIpc) is 2.90. The van der Waals surface area contributed by atoms with Gasteiger partial charge in [-0.15, -0.1) is 10.2 Å². The molecule has 1 amide bonds. The Labute approximate surface area is 119 Å². The molecule has 0 aliphatic rings. The Morgan fingerprint density at radius 1 is 1.53 bits per heavy atom. The first-order chi connectivity index (χ1) is 9.20. The molecule has 8 heteroatoms. The van der Waals surface area contributed by atoms with Crippen molar-refractivity contribution in [3.63, 3.8) is 0 Å². The van der Waals surface area contributed by atoms with Gasteiger partial charge >= 0.3 is 0 Å². The van der Waals surface area contributed by atoms with Crippen molar-refractivity contribution in [2.75, 3.05) is 17.2 Å². The molecule has 0 bridgehead atoms. The highest BCUT2D eigenvalue weighted by molar-refractivity contribution is 7.13. The zero-order valence-electron chi connectivity index (χ0n) is 10.2. The number of carbonyl (C=O) groups is 1. The number of nitrogens with one attached hydrogen (secondary N) is 2. The molecule has 2 heterocycles. The normalized spacial score (nSPS) is 10.2. The molecule has 2 rings (SSSR count). The second-order valence-electron chi connectivity index (χ2n) is 3.68. The maximum Gasteiger partial charge on any atom is 0.259 e. The van der Waals surface area contributed by atoms with E-state index < -0.39 is 0 Å². The smallest absolute Gasteiger partial charge is 0.259 e. The van der Waals surface area contributed by atoms with Gasteiger partial charge in [-0.3, -0.25) is 10.1 Å². The standard InChI is InChI=1S/C11H12ClN5OS/c1-2-3-13-9-8(12)4-7(5-14-9)10(18)16-11-17-15-6-19-11/h4-6H,2-3H2,1H3,(H,13,14)(H,16,17,18). The summed E-state index contributed by atoms with van der Waals surface area (Å²) in [6, 6.07) is 1.57. The molecule has 19 heavy (non-hydrogen) atoms. The third kappa shape index (κ3) is 3.62. The summed E-state index contributed by atoms with van der Waals surface area (Å²) in [7, 11) is 0. The van der Waals surface area contributed by atoms with Crippen LogP contribution in [0.1, 0.15) is 23.7 Å². The maximum absolute atomic E-state index is 11.9. The van der Waals surface area contributed by atoms with E-state index in [1.54, 1.807) is 11.6 Å². The van der Waals surface area contributed by atoms with Crippen molar-refractivity contribution in [1.82, 2.24) is 15.2 Å². The zero-order chi connectivity index (χ0) is 13.7. The van der Waals surface area contributed by atoms with Crippen LogP contribution < -0.4 is 10.6 Å². The summed E-state index contributed by atoms with van der Waals surface area (Å²) in [5.74, 6) is 0.268. The lowest BCUT2D eigenvalue weighted by Crippen LogP contribution is -2.13. The Bertz CT molecular complexity index is 560. The summed E-state index contributed by atoms with van der Waals surface area (Å²) in [6.45, 7) is 2.83. The first kappa shape index (κ1) is 13.7. The Morgan fingerprint density at radius 3 is 3.00 bits per heavy atom. The van der Waals surface area contributed by atoms with Crippen LogP contribution in [0.5, 0.6) is 0 Å². The van der Waals surface area contributed by atoms with Gasteiger partial charge in [-0.25, -0.2) is 4.98 Å². The van der Waals surface area contributed by atoms with Crippen LogP contribution in [0.25, 0.3) is 0 Å². The number of nitrogens with zero attached hydrogens (tertiary/aromatic N) is 3. The number of hydrogen-bond acceptors (Lipinski definition) is 6. The van der Waals surface area contributed by atoms with Gasteiger partial charge in [0.2, 0.25) is 5.13 Å². The monoisotopic (exact) mass is 297 g/mol. The number of halogens is 1. The lowest BCUT2D eigenvalue weighted by Gasteiger charge is -2.07. The SMILES string of the molecule is CCCNc1ncc(C(=O)Nc2nncs2)cc1Cl. The number of amides is 1. The Kier molecular flexibility index (Phi) is 4.64. The van der Waals surface area contributed by atoms with Crippen LogP contribution in [0.2, 0.25) is 5.02 Å². The highest BCUT2D eigenvalue weighted by atomic mass is 35.5. The lowest BCUT2D eigenvalue weighted by atomic mass is 10.2. The number of carbonyl (C=O) groups excluding carboxylic acids is 1. The van der Waals surface area contributed by atoms with Crippen LogP contribution in [0, 0.1) is 0 Å². The van der Waals surface area contributed by atoms with E-state index in [0.29, 0.717) is 21.5 Å². The van der Waals surface area contributed by atoms with Crippen molar-refractivity contribution in [1.29, 1.82) is 0 Å². The molecule has 0 atom stereocenters. The summed E-state index contributed by atoms with van der Waals surface area (Å²) in [5.41, 5.74) is 1.92. The molecule has 0 aliphatic heterocycles. The van der Waals surface area contributed by atoms with Crippen LogP contribution in [0.4, 0.5) is 10.9 Å². The molecule has 0 fully saturated rings. The number of rotatable bonds is 5. The quantitative estimate of drug-likeness (QED) is 0.887. The van der Waals surface area contributed by atoms with E-state index in [-0.39, 0.29) is 5.91 Å². The van der Waals surface area contributed by atoms with Gasteiger partial charge in [0.1, 0.15) is 11.3 Å². The van der Waals surface area contributed by atoms with Gasteiger partial charge in [0, 0.05) is 12.7 Å². The molecule has 0 saturated carbocycles. The number of hydrogen-bond donors (Lipinski definition) is 2. The molecule has 0 unspecified atom stereocenters. The van der Waals surface area contributed by atoms with Gasteiger partial charge < -0.3 is 5.32 Å². The number of anilines is 2. The molecule has 2 N–H and O–H groups in total. The minimum Gasteiger partial charge on any atom is -0.369 e. The fourth-order valence-corrected chi connectivity index (χ4v) is 2.01. The van der Waals surface area contributed by atoms with Gasteiger partial charge in [0.25, 0.3) is 5.91 Å². The highest BCUT2D eigenvalue weighted by Crippen LogP contribution is 2.20. The molecule has 0 radical (unpaired) electrons. The Balaban J connectivity index is 2.08. The molecule has 100 valence electrons. The van der Waals surface area contributed by atoms with Crippen LogP contribution in [0.15, 0.2) is 17.8 Å². The summed E-state index contributed by atoms with van der Waals surface area (Å²) in [5, 5.41) is 13.9. The number of aromatic nitrogens is 3. The summed E-state index contributed by atoms with van der Waals surface area (Å²) in [4.78, 5) is 16.0. The van der Waals surface area contributed by atoms with Crippen LogP contribution in [-0.4, -0.2) is 27.6 Å². The maximum atomic E-state index is 11.9. The van der Waals surface area contributed by atoms with E-state index in [2.05, 4.69) is 25.8 Å². The first-order valence-corrected chi connectivity index (χ1v) is 6.93. The fraction of sp³-hybridized carbons (Fsp3) is 0.273. The Hall–Kier alpha value is -1.73. The third-order valence-electron chi connectivity index (χ3n) is 2.23. The van der Waals surface area contributed by atoms with E-state index in [0.717, 1.165) is 13.0 Å². The van der Waals surface area contributed by atoms with Gasteiger partial charge in [-0.05, 0) is 12.5 Å². The molecule has 0 aromatic carbocycles. The molecule has 0 spiro atoms. The predicted octanol–water partition coefficient (Wildman–Crippen LogP) is 2.66. The van der Waals surface area contributed by atoms with Gasteiger partial charge in [-0.2, -0.15) is 0 Å². The Morgan fingerprint density at radius 2 is 2.37 bits per heavy atom. The van der Waals surface area contributed by atoms with Crippen LogP contribution >= 0.6 is 22.9 Å². The summed E-state index contributed by atoms with van der Waals surface area (Å²) >= 11 is 7.31. The first-order valence-electron chi connectivity index (χ1n) is 5.67. The molecule has 2 aromatic heterocycles. The highest BCUT2D eigenvalue weighted by Gasteiger charge is 2.11. The van der Waals surface area contributed by atoms with Crippen molar-refractivity contribution in [2.45, 2.75) is 13.3 Å². The summed E-state index contributed by atoms with van der Waals surface area (Å²) in [6.07, 6.45) is 2.44. The molecule has 2 aromatic rings. The number of pyridine rings is 1. The summed E-state index contributed by atoms with van der Waals surface area (Å²) < 4.78 is 0.